The molecule has 31 heavy (non-hydrogen) atoms. The van der Waals surface area contributed by atoms with Gasteiger partial charge in [0.1, 0.15) is 0 Å². The fraction of sp³-hybridized carbons (Fsp3) is 0.500. The summed E-state index contributed by atoms with van der Waals surface area (Å²) >= 11 is 0. The number of nitrogens with zero attached hydrogens (tertiary/aromatic N) is 6. The smallest absolute Gasteiger partial charge is 0.255 e. The van der Waals surface area contributed by atoms with E-state index < -0.39 is 0 Å². The van der Waals surface area contributed by atoms with Gasteiger partial charge >= 0.3 is 0 Å². The first-order valence-electron chi connectivity index (χ1n) is 10.7. The van der Waals surface area contributed by atoms with Crippen LogP contribution >= 0.6 is 0 Å². The topological polar surface area (TPSA) is 97.9 Å². The number of piperidine rings is 1. The first-order chi connectivity index (χ1) is 14.8. The minimum Gasteiger partial charge on any atom is -0.352 e. The summed E-state index contributed by atoms with van der Waals surface area (Å²) in [6.45, 7) is 7.96. The average Bonchev–Trinajstić information content (AvgIpc) is 3.37. The van der Waals surface area contributed by atoms with Crippen LogP contribution in [0.3, 0.4) is 0 Å². The molecule has 0 aromatic carbocycles. The van der Waals surface area contributed by atoms with Crippen LogP contribution in [-0.2, 0) is 7.05 Å². The Morgan fingerprint density at radius 3 is 2.58 bits per heavy atom. The number of hydrogen-bond acceptors (Lipinski definition) is 5. The van der Waals surface area contributed by atoms with Gasteiger partial charge in [-0.15, -0.1) is 0 Å². The van der Waals surface area contributed by atoms with E-state index in [4.69, 9.17) is 0 Å². The van der Waals surface area contributed by atoms with Gasteiger partial charge in [-0.1, -0.05) is 0 Å². The Hall–Kier alpha value is -3.23. The van der Waals surface area contributed by atoms with Gasteiger partial charge < -0.3 is 10.2 Å². The third-order valence-corrected chi connectivity index (χ3v) is 5.90. The lowest BCUT2D eigenvalue weighted by atomic mass is 9.96. The zero-order valence-corrected chi connectivity index (χ0v) is 18.5. The van der Waals surface area contributed by atoms with E-state index in [1.54, 1.807) is 30.3 Å². The third-order valence-electron chi connectivity index (χ3n) is 5.90. The van der Waals surface area contributed by atoms with Crippen molar-refractivity contribution in [2.24, 2.45) is 13.0 Å². The van der Waals surface area contributed by atoms with Gasteiger partial charge in [0.2, 0.25) is 0 Å². The summed E-state index contributed by atoms with van der Waals surface area (Å²) in [6, 6.07) is 2.12. The lowest BCUT2D eigenvalue weighted by Crippen LogP contribution is -2.41. The van der Waals surface area contributed by atoms with Crippen molar-refractivity contribution in [2.75, 3.05) is 19.6 Å². The molecular weight excluding hydrogens is 394 g/mol. The van der Waals surface area contributed by atoms with Crippen LogP contribution in [0.15, 0.2) is 24.7 Å². The number of rotatable bonds is 5. The SMILES string of the molecule is Cc1nc2c(cnn2C(C)C)cc1C(=O)N1CCC(CNC(=O)c2cnn(C)c2)CC1. The molecule has 0 radical (unpaired) electrons. The molecule has 3 aromatic heterocycles. The van der Waals surface area contributed by atoms with Crippen molar-refractivity contribution in [3.05, 3.63) is 41.5 Å². The molecule has 2 amide bonds. The molecule has 0 bridgehead atoms. The predicted octanol–water partition coefficient (Wildman–Crippen LogP) is 2.34. The highest BCUT2D eigenvalue weighted by molar-refractivity contribution is 5.98. The molecule has 0 spiro atoms. The summed E-state index contributed by atoms with van der Waals surface area (Å²) in [4.78, 5) is 31.9. The second-order valence-electron chi connectivity index (χ2n) is 8.57. The molecule has 0 unspecified atom stereocenters. The zero-order valence-electron chi connectivity index (χ0n) is 18.5. The van der Waals surface area contributed by atoms with Crippen LogP contribution in [0.4, 0.5) is 0 Å². The summed E-state index contributed by atoms with van der Waals surface area (Å²) in [5, 5.41) is 12.3. The Bertz CT molecular complexity index is 1110. The van der Waals surface area contributed by atoms with Gasteiger partial charge in [0, 0.05) is 44.3 Å². The monoisotopic (exact) mass is 423 g/mol. The Morgan fingerprint density at radius 1 is 1.19 bits per heavy atom. The van der Waals surface area contributed by atoms with Crippen LogP contribution in [0, 0.1) is 12.8 Å². The molecule has 1 fully saturated rings. The van der Waals surface area contributed by atoms with Gasteiger partial charge in [-0.3, -0.25) is 14.3 Å². The summed E-state index contributed by atoms with van der Waals surface area (Å²) in [6.07, 6.45) is 6.76. The molecule has 9 nitrogen and oxygen atoms in total. The predicted molar refractivity (Wildman–Crippen MR) is 117 cm³/mol. The zero-order chi connectivity index (χ0) is 22.1. The van der Waals surface area contributed by atoms with Crippen LogP contribution in [0.25, 0.3) is 11.0 Å². The lowest BCUT2D eigenvalue weighted by molar-refractivity contribution is 0.0683. The molecule has 0 aliphatic carbocycles. The lowest BCUT2D eigenvalue weighted by Gasteiger charge is -2.32. The second-order valence-corrected chi connectivity index (χ2v) is 8.57. The number of carbonyl (C=O) groups excluding carboxylic acids is 2. The summed E-state index contributed by atoms with van der Waals surface area (Å²) in [5.74, 6) is 0.265. The maximum absolute atomic E-state index is 13.1. The highest BCUT2D eigenvalue weighted by Gasteiger charge is 2.26. The number of pyridine rings is 1. The van der Waals surface area contributed by atoms with Crippen molar-refractivity contribution in [2.45, 2.75) is 39.7 Å². The normalized spacial score (nSPS) is 15.1. The van der Waals surface area contributed by atoms with E-state index in [-0.39, 0.29) is 17.9 Å². The molecule has 0 atom stereocenters. The van der Waals surface area contributed by atoms with Gasteiger partial charge in [0.05, 0.1) is 29.2 Å². The molecule has 1 saturated heterocycles. The van der Waals surface area contributed by atoms with E-state index in [1.165, 1.54) is 0 Å². The highest BCUT2D eigenvalue weighted by Crippen LogP contribution is 2.23. The molecule has 1 aliphatic heterocycles. The average molecular weight is 424 g/mol. The summed E-state index contributed by atoms with van der Waals surface area (Å²) in [7, 11) is 1.79. The highest BCUT2D eigenvalue weighted by atomic mass is 16.2. The number of nitrogens with one attached hydrogen (secondary N) is 1. The number of amides is 2. The molecule has 4 heterocycles. The fourth-order valence-corrected chi connectivity index (χ4v) is 4.05. The van der Waals surface area contributed by atoms with Crippen molar-refractivity contribution >= 4 is 22.8 Å². The minimum absolute atomic E-state index is 0.0158. The molecule has 9 heteroatoms. The van der Waals surface area contributed by atoms with Crippen LogP contribution in [0.5, 0.6) is 0 Å². The number of likely N-dealkylation sites (tertiary alicyclic amines) is 1. The van der Waals surface area contributed by atoms with Crippen molar-refractivity contribution in [3.63, 3.8) is 0 Å². The summed E-state index contributed by atoms with van der Waals surface area (Å²) in [5.41, 5.74) is 2.74. The number of aromatic nitrogens is 5. The number of fused-ring (bicyclic) bond motifs is 1. The third kappa shape index (κ3) is 4.30. The Kier molecular flexibility index (Phi) is 5.75. The molecule has 164 valence electrons. The van der Waals surface area contributed by atoms with E-state index in [0.29, 0.717) is 36.7 Å². The van der Waals surface area contributed by atoms with Crippen LogP contribution < -0.4 is 5.32 Å². The Balaban J connectivity index is 1.36. The maximum atomic E-state index is 13.1. The second kappa shape index (κ2) is 8.49. The van der Waals surface area contributed by atoms with E-state index in [0.717, 1.165) is 29.6 Å². The van der Waals surface area contributed by atoms with Gasteiger partial charge in [-0.25, -0.2) is 9.67 Å². The van der Waals surface area contributed by atoms with E-state index in [2.05, 4.69) is 34.3 Å². The van der Waals surface area contributed by atoms with Crippen molar-refractivity contribution < 1.29 is 9.59 Å². The number of hydrogen-bond donors (Lipinski definition) is 1. The molecule has 3 aromatic rings. The molecule has 1 aliphatic rings. The number of carbonyl (C=O) groups is 2. The largest absolute Gasteiger partial charge is 0.352 e. The van der Waals surface area contributed by atoms with Gasteiger partial charge in [0.15, 0.2) is 5.65 Å². The fourth-order valence-electron chi connectivity index (χ4n) is 4.05. The van der Waals surface area contributed by atoms with Crippen LogP contribution in [0.2, 0.25) is 0 Å². The van der Waals surface area contributed by atoms with Crippen molar-refractivity contribution in [1.29, 1.82) is 0 Å². The summed E-state index contributed by atoms with van der Waals surface area (Å²) < 4.78 is 3.49. The van der Waals surface area contributed by atoms with E-state index in [1.807, 2.05) is 22.6 Å². The minimum atomic E-state index is -0.108. The molecular formula is C22H29N7O2. The molecule has 4 rings (SSSR count). The Morgan fingerprint density at radius 2 is 1.94 bits per heavy atom. The number of aryl methyl sites for hydroxylation is 2. The quantitative estimate of drug-likeness (QED) is 0.679. The van der Waals surface area contributed by atoms with E-state index >= 15 is 0 Å². The van der Waals surface area contributed by atoms with Gasteiger partial charge in [-0.05, 0) is 45.6 Å². The maximum Gasteiger partial charge on any atom is 0.255 e. The van der Waals surface area contributed by atoms with Crippen LogP contribution in [-0.4, -0.2) is 60.9 Å². The Labute approximate surface area is 181 Å². The van der Waals surface area contributed by atoms with Gasteiger partial charge in [-0.2, -0.15) is 10.2 Å². The van der Waals surface area contributed by atoms with Crippen molar-refractivity contribution in [3.8, 4) is 0 Å². The standard InChI is InChI=1S/C22H29N7O2/c1-14(2)29-20-17(11-25-29)9-19(15(3)26-20)22(31)28-7-5-16(6-8-28)10-23-21(30)18-12-24-27(4)13-18/h9,11-14,16H,5-8,10H2,1-4H3,(H,23,30). The first kappa shape index (κ1) is 21.0. The first-order valence-corrected chi connectivity index (χ1v) is 10.7. The molecule has 0 saturated carbocycles. The van der Waals surface area contributed by atoms with E-state index in [9.17, 15) is 9.59 Å². The molecule has 1 N–H and O–H groups in total. The van der Waals surface area contributed by atoms with Crippen molar-refractivity contribution in [1.82, 2.24) is 34.8 Å². The van der Waals surface area contributed by atoms with Crippen LogP contribution in [0.1, 0.15) is 59.1 Å². The van der Waals surface area contributed by atoms with Gasteiger partial charge in [0.25, 0.3) is 11.8 Å².